The molecule has 3 nitrogen and oxygen atoms in total. The third kappa shape index (κ3) is 1.59. The van der Waals surface area contributed by atoms with Gasteiger partial charge in [0.25, 0.3) is 0 Å². The van der Waals surface area contributed by atoms with E-state index in [1.54, 1.807) is 12.1 Å². The van der Waals surface area contributed by atoms with Gasteiger partial charge in [0.2, 0.25) is 0 Å². The summed E-state index contributed by atoms with van der Waals surface area (Å²) in [6.07, 6.45) is -0.0961. The largest absolute Gasteiger partial charge is 0.508 e. The number of aromatic hydroxyl groups is 1. The van der Waals surface area contributed by atoms with Crippen LogP contribution in [-0.2, 0) is 4.84 Å². The topological polar surface area (TPSA) is 54.7 Å². The molecule has 1 atom stereocenters. The van der Waals surface area contributed by atoms with Crippen molar-refractivity contribution in [2.24, 2.45) is 0 Å². The lowest BCUT2D eigenvalue weighted by atomic mass is 10.2. The maximum Gasteiger partial charge on any atom is 0.180 e. The molecule has 2 N–H and O–H groups in total. The van der Waals surface area contributed by atoms with Gasteiger partial charge in [-0.15, -0.1) is 0 Å². The van der Waals surface area contributed by atoms with Gasteiger partial charge in [0, 0.05) is 16.5 Å². The van der Waals surface area contributed by atoms with Crippen LogP contribution in [0.3, 0.4) is 0 Å². The molecule has 11 heavy (non-hydrogen) atoms. The van der Waals surface area contributed by atoms with Crippen LogP contribution >= 0.6 is 0 Å². The van der Waals surface area contributed by atoms with Gasteiger partial charge in [0.1, 0.15) is 5.75 Å². The first-order valence-corrected chi connectivity index (χ1v) is 3.07. The van der Waals surface area contributed by atoms with Gasteiger partial charge in [-0.1, -0.05) is 18.2 Å². The number of rotatable bonds is 1. The van der Waals surface area contributed by atoms with E-state index in [1.807, 2.05) is 12.1 Å². The zero-order valence-electron chi connectivity index (χ0n) is 5.74. The molecule has 4 radical (unpaired) electrons. The summed E-state index contributed by atoms with van der Waals surface area (Å²) in [5.74, 6) is 0.275. The SMILES string of the molecule is Oc1ccccc1C1NO1.[Si]. The van der Waals surface area contributed by atoms with Gasteiger partial charge >= 0.3 is 0 Å². The van der Waals surface area contributed by atoms with Crippen molar-refractivity contribution in [3.05, 3.63) is 29.8 Å². The molecule has 1 fully saturated rings. The predicted octanol–water partition coefficient (Wildman–Crippen LogP) is 0.545. The van der Waals surface area contributed by atoms with Crippen molar-refractivity contribution in [1.29, 1.82) is 0 Å². The number of phenols is 1. The monoisotopic (exact) mass is 165 g/mol. The van der Waals surface area contributed by atoms with E-state index in [0.29, 0.717) is 0 Å². The van der Waals surface area contributed by atoms with Crippen LogP contribution in [0.25, 0.3) is 0 Å². The summed E-state index contributed by atoms with van der Waals surface area (Å²) in [6.45, 7) is 0. The first-order valence-electron chi connectivity index (χ1n) is 3.07. The lowest BCUT2D eigenvalue weighted by Crippen LogP contribution is -1.83. The molecule has 1 unspecified atom stereocenters. The van der Waals surface area contributed by atoms with Gasteiger partial charge in [0.05, 0.1) is 0 Å². The van der Waals surface area contributed by atoms with Crippen LogP contribution in [0.15, 0.2) is 24.3 Å². The number of hydrogen-bond donors (Lipinski definition) is 2. The number of nitrogens with one attached hydrogen (secondary N) is 1. The molecule has 0 spiro atoms. The second-order valence-electron chi connectivity index (χ2n) is 2.17. The summed E-state index contributed by atoms with van der Waals surface area (Å²) >= 11 is 0. The summed E-state index contributed by atoms with van der Waals surface area (Å²) in [4.78, 5) is 4.77. The molecule has 56 valence electrons. The van der Waals surface area contributed by atoms with Crippen molar-refractivity contribution < 1.29 is 9.94 Å². The van der Waals surface area contributed by atoms with Gasteiger partial charge in [-0.05, 0) is 6.07 Å². The predicted molar refractivity (Wildman–Crippen MR) is 40.8 cm³/mol. The molecule has 2 rings (SSSR count). The number of phenolic OH excluding ortho intramolecular Hbond substituents is 1. The molecule has 0 saturated carbocycles. The molecule has 1 aromatic carbocycles. The van der Waals surface area contributed by atoms with E-state index in [1.165, 1.54) is 0 Å². The number of benzene rings is 1. The van der Waals surface area contributed by atoms with E-state index in [4.69, 9.17) is 4.84 Å². The standard InChI is InChI=1S/C7H7NO2.Si/c9-6-4-2-1-3-5(6)7-8-10-7;/h1-4,7-9H;. The Hall–Kier alpha value is -0.843. The highest BCUT2D eigenvalue weighted by molar-refractivity contribution is 5.75. The molecule has 0 aliphatic carbocycles. The van der Waals surface area contributed by atoms with Crippen molar-refractivity contribution in [2.45, 2.75) is 6.23 Å². The summed E-state index contributed by atoms with van der Waals surface area (Å²) in [7, 11) is 0. The molecular formula is C7H7NO2Si. The highest BCUT2D eigenvalue weighted by Crippen LogP contribution is 2.30. The summed E-state index contributed by atoms with van der Waals surface area (Å²) in [5.41, 5.74) is 3.43. The maximum absolute atomic E-state index is 9.20. The molecule has 1 aliphatic rings. The fraction of sp³-hybridized carbons (Fsp3) is 0.143. The average Bonchev–Trinajstić information content (AvgIpc) is 2.71. The zero-order valence-corrected chi connectivity index (χ0v) is 6.74. The Morgan fingerprint density at radius 2 is 2.00 bits per heavy atom. The smallest absolute Gasteiger partial charge is 0.180 e. The van der Waals surface area contributed by atoms with Crippen molar-refractivity contribution in [3.63, 3.8) is 0 Å². The molecule has 1 aromatic rings. The molecule has 1 aliphatic heterocycles. The molecule has 1 heterocycles. The Bertz CT molecular complexity index is 250. The maximum atomic E-state index is 9.20. The van der Waals surface area contributed by atoms with E-state index >= 15 is 0 Å². The van der Waals surface area contributed by atoms with Crippen LogP contribution in [0.1, 0.15) is 11.8 Å². The lowest BCUT2D eigenvalue weighted by molar-refractivity contribution is 0.368. The fourth-order valence-electron chi connectivity index (χ4n) is 0.870. The van der Waals surface area contributed by atoms with Crippen molar-refractivity contribution in [2.75, 3.05) is 0 Å². The van der Waals surface area contributed by atoms with Gasteiger partial charge in [-0.25, -0.2) is 0 Å². The minimum atomic E-state index is -0.0961. The Labute approximate surface area is 69.0 Å². The second-order valence-corrected chi connectivity index (χ2v) is 2.17. The van der Waals surface area contributed by atoms with Crippen LogP contribution in [-0.4, -0.2) is 16.1 Å². The van der Waals surface area contributed by atoms with Crippen LogP contribution in [0, 0.1) is 0 Å². The quantitative estimate of drug-likeness (QED) is 0.472. The van der Waals surface area contributed by atoms with Crippen LogP contribution in [0.4, 0.5) is 0 Å². The van der Waals surface area contributed by atoms with Gasteiger partial charge < -0.3 is 5.11 Å². The minimum absolute atomic E-state index is 0. The van der Waals surface area contributed by atoms with Crippen LogP contribution in [0.2, 0.25) is 0 Å². The van der Waals surface area contributed by atoms with Gasteiger partial charge in [-0.2, -0.15) is 5.48 Å². The van der Waals surface area contributed by atoms with E-state index in [0.717, 1.165) is 5.56 Å². The Balaban J connectivity index is 0.000000605. The van der Waals surface area contributed by atoms with Crippen molar-refractivity contribution in [1.82, 2.24) is 5.48 Å². The molecule has 0 amide bonds. The van der Waals surface area contributed by atoms with Crippen molar-refractivity contribution in [3.8, 4) is 5.75 Å². The minimum Gasteiger partial charge on any atom is -0.508 e. The summed E-state index contributed by atoms with van der Waals surface area (Å²) in [5, 5.41) is 9.20. The number of hydrogen-bond acceptors (Lipinski definition) is 3. The Kier molecular flexibility index (Phi) is 2.28. The van der Waals surface area contributed by atoms with Crippen LogP contribution in [0.5, 0.6) is 5.75 Å². The van der Waals surface area contributed by atoms with Crippen molar-refractivity contribution >= 4 is 11.0 Å². The third-order valence-electron chi connectivity index (χ3n) is 1.45. The van der Waals surface area contributed by atoms with Gasteiger partial charge in [-0.3, -0.25) is 4.84 Å². The van der Waals surface area contributed by atoms with Gasteiger partial charge in [0.15, 0.2) is 6.23 Å². The lowest BCUT2D eigenvalue weighted by Gasteiger charge is -1.95. The average molecular weight is 165 g/mol. The molecule has 0 bridgehead atoms. The molecule has 1 saturated heterocycles. The molecule has 4 heteroatoms. The molecule has 0 aromatic heterocycles. The van der Waals surface area contributed by atoms with E-state index in [9.17, 15) is 5.11 Å². The normalized spacial score (nSPS) is 20.5. The first kappa shape index (κ1) is 8.26. The first-order chi connectivity index (χ1) is 4.88. The van der Waals surface area contributed by atoms with E-state index in [-0.39, 0.29) is 22.9 Å². The Morgan fingerprint density at radius 3 is 2.55 bits per heavy atom. The zero-order chi connectivity index (χ0) is 6.97. The number of para-hydroxylation sites is 1. The highest BCUT2D eigenvalue weighted by atomic mass is 28.1. The second kappa shape index (κ2) is 3.04. The highest BCUT2D eigenvalue weighted by Gasteiger charge is 2.26. The Morgan fingerprint density at radius 1 is 1.36 bits per heavy atom. The van der Waals surface area contributed by atoms with E-state index < -0.39 is 0 Å². The van der Waals surface area contributed by atoms with E-state index in [2.05, 4.69) is 5.48 Å². The molecular weight excluding hydrogens is 158 g/mol. The van der Waals surface area contributed by atoms with Crippen LogP contribution < -0.4 is 5.48 Å². The fourth-order valence-corrected chi connectivity index (χ4v) is 0.870. The number of hydroxylamine groups is 1. The summed E-state index contributed by atoms with van der Waals surface area (Å²) < 4.78 is 0. The summed E-state index contributed by atoms with van der Waals surface area (Å²) in [6, 6.07) is 7.10. The third-order valence-corrected chi connectivity index (χ3v) is 1.45.